The number of hydrogen-bond donors (Lipinski definition) is 4. The molecule has 0 saturated heterocycles. The van der Waals surface area contributed by atoms with Crippen LogP contribution in [-0.4, -0.2) is 47.2 Å². The molecular formula is CH4Na2O10S2. The summed E-state index contributed by atoms with van der Waals surface area (Å²) >= 11 is -3.11. The Hall–Kier alpha value is 1.21. The summed E-state index contributed by atoms with van der Waals surface area (Å²) in [4.78, 5) is 8.56. The van der Waals surface area contributed by atoms with Gasteiger partial charge in [-0.2, -0.15) is 8.42 Å². The molecule has 0 spiro atoms. The molecule has 0 aromatic heterocycles. The molecule has 4 N–H and O–H groups in total. The number of carboxylic acid groups (broad SMARTS) is 2. The molecule has 0 rings (SSSR count). The van der Waals surface area contributed by atoms with E-state index in [9.17, 15) is 0 Å². The van der Waals surface area contributed by atoms with Gasteiger partial charge in [-0.1, -0.05) is 0 Å². The molecule has 0 heterocycles. The molecule has 0 unspecified atom stereocenters. The maximum Gasteiger partial charge on any atom is 1.00 e. The second kappa shape index (κ2) is 17.6. The molecule has 10 nitrogen and oxygen atoms in total. The number of hydrogen-bond acceptors (Lipinski definition) is 6. The third-order valence-electron chi connectivity index (χ3n) is 0. The topological polar surface area (TPSA) is 195 Å². The van der Waals surface area contributed by atoms with Crippen molar-refractivity contribution >= 4 is 27.9 Å². The summed E-state index contributed by atoms with van der Waals surface area (Å²) < 4.78 is 56.9. The average molecular weight is 286 g/mol. The van der Waals surface area contributed by atoms with Crippen molar-refractivity contribution in [3.8, 4) is 0 Å². The zero-order valence-corrected chi connectivity index (χ0v) is 13.2. The number of rotatable bonds is 0. The predicted molar refractivity (Wildman–Crippen MR) is 34.5 cm³/mol. The summed E-state index contributed by atoms with van der Waals surface area (Å²) in [5, 5.41) is 13.9. The zero-order valence-electron chi connectivity index (χ0n) is 7.55. The van der Waals surface area contributed by atoms with E-state index < -0.39 is 27.9 Å². The third kappa shape index (κ3) is 1810. The molecule has 82 valence electrons. The molecule has 0 fully saturated rings. The fourth-order valence-corrected chi connectivity index (χ4v) is 0. The Morgan fingerprint density at radius 1 is 1.07 bits per heavy atom. The zero-order chi connectivity index (χ0) is 11.7. The number of carbonyl (C=O) groups is 1. The molecule has 0 radical (unpaired) electrons. The molecule has 0 aromatic rings. The molecule has 14 heteroatoms. The van der Waals surface area contributed by atoms with Crippen molar-refractivity contribution in [3.63, 3.8) is 0 Å². The second-order valence-corrected chi connectivity index (χ2v) is 2.24. The van der Waals surface area contributed by atoms with E-state index in [0.29, 0.717) is 0 Å². The standard InChI is InChI=1S/CH2O3.2Na.H2O4S.H2O3S/c2-1(3)4;;;1-5(2,3)4;1-4(2)3/h(H2,2,3,4);;;(H2,1,2,3,4);(H2,1,2,3)/q;2*+1;;/p-2. The minimum Gasteiger partial charge on any atom is -0.784 e. The molecule has 0 aliphatic rings. The van der Waals surface area contributed by atoms with Gasteiger partial charge < -0.3 is 19.3 Å². The molecule has 0 aliphatic heterocycles. The van der Waals surface area contributed by atoms with Crippen molar-refractivity contribution in [2.45, 2.75) is 0 Å². The van der Waals surface area contributed by atoms with Crippen LogP contribution in [0.15, 0.2) is 0 Å². The van der Waals surface area contributed by atoms with Gasteiger partial charge in [-0.15, -0.1) is 11.4 Å². The van der Waals surface area contributed by atoms with Crippen molar-refractivity contribution in [1.82, 2.24) is 0 Å². The summed E-state index contributed by atoms with van der Waals surface area (Å²) in [6.45, 7) is 0. The van der Waals surface area contributed by atoms with Gasteiger partial charge in [-0.05, 0) is 0 Å². The first-order valence-electron chi connectivity index (χ1n) is 1.85. The SMILES string of the molecule is O=C(O)O.O=S(=O)(O)O.O=S([O-])[O-].[Na+].[Na+]. The van der Waals surface area contributed by atoms with Crippen LogP contribution >= 0.6 is 0 Å². The van der Waals surface area contributed by atoms with Gasteiger partial charge >= 0.3 is 75.7 Å². The van der Waals surface area contributed by atoms with Crippen LogP contribution in [0.2, 0.25) is 0 Å². The molecule has 15 heavy (non-hydrogen) atoms. The fourth-order valence-electron chi connectivity index (χ4n) is 0. The van der Waals surface area contributed by atoms with Crippen LogP contribution in [0.3, 0.4) is 0 Å². The van der Waals surface area contributed by atoms with Crippen LogP contribution in [-0.2, 0) is 21.8 Å². The molecule has 0 saturated carbocycles. The molecule has 0 atom stereocenters. The summed E-state index contributed by atoms with van der Waals surface area (Å²) in [7, 11) is -4.67. The minimum absolute atomic E-state index is 0. The molecule has 0 amide bonds. The average Bonchev–Trinajstić information content (AvgIpc) is 1.50. The van der Waals surface area contributed by atoms with Crippen LogP contribution < -0.4 is 59.1 Å². The third-order valence-corrected chi connectivity index (χ3v) is 0. The van der Waals surface area contributed by atoms with E-state index in [0.717, 1.165) is 0 Å². The van der Waals surface area contributed by atoms with Crippen LogP contribution in [0.4, 0.5) is 4.79 Å². The first-order valence-corrected chi connectivity index (χ1v) is 4.25. The van der Waals surface area contributed by atoms with Crippen molar-refractivity contribution in [2.24, 2.45) is 0 Å². The van der Waals surface area contributed by atoms with Crippen LogP contribution in [0.25, 0.3) is 0 Å². The predicted octanol–water partition coefficient (Wildman–Crippen LogP) is -7.43. The summed E-state index contributed by atoms with van der Waals surface area (Å²) in [6, 6.07) is 0. The normalized spacial score (nSPS) is 7.80. The van der Waals surface area contributed by atoms with Gasteiger partial charge in [0.25, 0.3) is 0 Å². The summed E-state index contributed by atoms with van der Waals surface area (Å²) in [5.74, 6) is 0. The Balaban J connectivity index is -0.0000000315. The first-order chi connectivity index (χ1) is 5.46. The van der Waals surface area contributed by atoms with E-state index >= 15 is 0 Å². The first kappa shape index (κ1) is 29.8. The molecule has 0 aromatic carbocycles. The van der Waals surface area contributed by atoms with E-state index in [2.05, 4.69) is 0 Å². The van der Waals surface area contributed by atoms with Gasteiger partial charge in [0, 0.05) is 0 Å². The maximum absolute atomic E-state index is 8.74. The summed E-state index contributed by atoms with van der Waals surface area (Å²) in [5.41, 5.74) is 0. The van der Waals surface area contributed by atoms with Gasteiger partial charge in [0.05, 0.1) is 0 Å². The van der Waals surface area contributed by atoms with Crippen molar-refractivity contribution in [3.05, 3.63) is 0 Å². The largest absolute Gasteiger partial charge is 1.00 e. The quantitative estimate of drug-likeness (QED) is 0.188. The Kier molecular flexibility index (Phi) is 35.0. The van der Waals surface area contributed by atoms with Gasteiger partial charge in [0.15, 0.2) is 0 Å². The smallest absolute Gasteiger partial charge is 0.784 e. The van der Waals surface area contributed by atoms with Crippen molar-refractivity contribution < 1.29 is 105 Å². The molecule has 0 bridgehead atoms. The Bertz CT molecular complexity index is 216. The summed E-state index contributed by atoms with van der Waals surface area (Å²) in [6.07, 6.45) is -1.83. The van der Waals surface area contributed by atoms with Crippen molar-refractivity contribution in [1.29, 1.82) is 0 Å². The maximum atomic E-state index is 8.74. The Morgan fingerprint density at radius 2 is 1.07 bits per heavy atom. The van der Waals surface area contributed by atoms with E-state index in [1.165, 1.54) is 0 Å². The van der Waals surface area contributed by atoms with E-state index in [4.69, 9.17) is 45.8 Å². The molecule has 0 aliphatic carbocycles. The van der Waals surface area contributed by atoms with E-state index in [-0.39, 0.29) is 59.1 Å². The van der Waals surface area contributed by atoms with Crippen molar-refractivity contribution in [2.75, 3.05) is 0 Å². The van der Waals surface area contributed by atoms with Crippen LogP contribution in [0.5, 0.6) is 0 Å². The second-order valence-electron chi connectivity index (χ2n) is 0.935. The van der Waals surface area contributed by atoms with Crippen LogP contribution in [0, 0.1) is 0 Å². The monoisotopic (exact) mass is 286 g/mol. The van der Waals surface area contributed by atoms with Gasteiger partial charge in [0.1, 0.15) is 0 Å². The van der Waals surface area contributed by atoms with Gasteiger partial charge in [-0.25, -0.2) is 4.79 Å². The van der Waals surface area contributed by atoms with Gasteiger partial charge in [0.2, 0.25) is 0 Å². The minimum atomic E-state index is -4.67. The molecular weight excluding hydrogens is 282 g/mol. The van der Waals surface area contributed by atoms with Crippen LogP contribution in [0.1, 0.15) is 0 Å². The van der Waals surface area contributed by atoms with E-state index in [1.54, 1.807) is 0 Å². The Morgan fingerprint density at radius 3 is 1.07 bits per heavy atom. The fraction of sp³-hybridized carbons (Fsp3) is 0. The van der Waals surface area contributed by atoms with E-state index in [1.807, 2.05) is 0 Å². The Labute approximate surface area is 131 Å². The van der Waals surface area contributed by atoms with Gasteiger partial charge in [-0.3, -0.25) is 13.3 Å².